The molecular formula is C24H35N5O3S. The number of carbonyl (C=O) groups is 1. The minimum Gasteiger partial charge on any atom is -0.383 e. The topological polar surface area (TPSA) is 85.0 Å². The number of carbonyl (C=O) groups excluding carboxylic acids is 1. The minimum absolute atomic E-state index is 0.0154. The van der Waals surface area contributed by atoms with Gasteiger partial charge in [0.15, 0.2) is 0 Å². The van der Waals surface area contributed by atoms with E-state index in [0.717, 1.165) is 41.8 Å². The van der Waals surface area contributed by atoms with E-state index in [1.165, 1.54) is 0 Å². The predicted octanol–water partition coefficient (Wildman–Crippen LogP) is 3.22. The Balaban J connectivity index is 1.90. The molecule has 0 radical (unpaired) electrons. The number of anilines is 4. The van der Waals surface area contributed by atoms with E-state index in [1.54, 1.807) is 25.1 Å². The van der Waals surface area contributed by atoms with E-state index in [9.17, 15) is 13.2 Å². The molecule has 1 aliphatic heterocycles. The van der Waals surface area contributed by atoms with Gasteiger partial charge in [-0.2, -0.15) is 0 Å². The maximum Gasteiger partial charge on any atom is 0.255 e. The van der Waals surface area contributed by atoms with Crippen LogP contribution in [0.4, 0.5) is 22.7 Å². The first kappa shape index (κ1) is 24.7. The molecule has 0 aliphatic carbocycles. The van der Waals surface area contributed by atoms with Crippen LogP contribution >= 0.6 is 0 Å². The lowest BCUT2D eigenvalue weighted by atomic mass is 10.0. The number of sulfonamides is 1. The number of rotatable bonds is 8. The van der Waals surface area contributed by atoms with E-state index in [0.29, 0.717) is 37.4 Å². The quantitative estimate of drug-likeness (QED) is 0.612. The second-order valence-electron chi connectivity index (χ2n) is 8.70. The van der Waals surface area contributed by atoms with E-state index < -0.39 is 10.0 Å². The Labute approximate surface area is 197 Å². The van der Waals surface area contributed by atoms with Crippen LogP contribution in [0.2, 0.25) is 0 Å². The van der Waals surface area contributed by atoms with E-state index in [1.807, 2.05) is 31.2 Å². The molecule has 0 saturated carbocycles. The van der Waals surface area contributed by atoms with Gasteiger partial charge in [0.1, 0.15) is 0 Å². The number of hydrogen-bond acceptors (Lipinski definition) is 6. The van der Waals surface area contributed by atoms with Crippen LogP contribution in [-0.4, -0.2) is 72.3 Å². The lowest BCUT2D eigenvalue weighted by molar-refractivity contribution is 0.0828. The van der Waals surface area contributed by atoms with Gasteiger partial charge in [-0.15, -0.1) is 0 Å². The molecule has 2 N–H and O–H groups in total. The molecule has 0 bridgehead atoms. The zero-order valence-corrected chi connectivity index (χ0v) is 21.0. The van der Waals surface area contributed by atoms with Gasteiger partial charge in [0, 0.05) is 46.8 Å². The Bertz CT molecular complexity index is 1090. The summed E-state index contributed by atoms with van der Waals surface area (Å²) in [5.41, 5.74) is 5.11. The van der Waals surface area contributed by atoms with Crippen molar-refractivity contribution in [3.63, 3.8) is 0 Å². The first-order chi connectivity index (χ1) is 15.6. The van der Waals surface area contributed by atoms with Crippen molar-refractivity contribution in [1.29, 1.82) is 0 Å². The normalized spacial score (nSPS) is 14.2. The fraction of sp³-hybridized carbons (Fsp3) is 0.458. The summed E-state index contributed by atoms with van der Waals surface area (Å²) in [7, 11) is 0.179. The molecule has 1 aliphatic rings. The molecule has 33 heavy (non-hydrogen) atoms. The molecule has 180 valence electrons. The van der Waals surface area contributed by atoms with Gasteiger partial charge in [-0.3, -0.25) is 9.52 Å². The van der Waals surface area contributed by atoms with Crippen molar-refractivity contribution in [2.45, 2.75) is 20.3 Å². The highest BCUT2D eigenvalue weighted by Crippen LogP contribution is 2.35. The Morgan fingerprint density at radius 3 is 2.27 bits per heavy atom. The molecule has 8 nitrogen and oxygen atoms in total. The van der Waals surface area contributed by atoms with Crippen molar-refractivity contribution in [1.82, 2.24) is 4.90 Å². The van der Waals surface area contributed by atoms with Crippen molar-refractivity contribution in [2.75, 3.05) is 72.9 Å². The average Bonchev–Trinajstić information content (AvgIpc) is 2.76. The summed E-state index contributed by atoms with van der Waals surface area (Å²) in [6, 6.07) is 11.5. The summed E-state index contributed by atoms with van der Waals surface area (Å²) in [6.07, 6.45) is 2.15. The van der Waals surface area contributed by atoms with Gasteiger partial charge in [-0.25, -0.2) is 8.42 Å². The number of hydrogen-bond donors (Lipinski definition) is 2. The van der Waals surface area contributed by atoms with Crippen molar-refractivity contribution in [3.8, 4) is 0 Å². The number of nitrogens with zero attached hydrogens (tertiary/aromatic N) is 3. The summed E-state index contributed by atoms with van der Waals surface area (Å²) in [5.74, 6) is -0.0154. The van der Waals surface area contributed by atoms with Crippen LogP contribution in [-0.2, 0) is 10.0 Å². The van der Waals surface area contributed by atoms with Crippen LogP contribution in [0.5, 0.6) is 0 Å². The Kier molecular flexibility index (Phi) is 7.73. The fourth-order valence-electron chi connectivity index (χ4n) is 4.12. The zero-order valence-electron chi connectivity index (χ0n) is 20.2. The summed E-state index contributed by atoms with van der Waals surface area (Å²) in [5, 5.41) is 3.51. The largest absolute Gasteiger partial charge is 0.383 e. The summed E-state index contributed by atoms with van der Waals surface area (Å²) < 4.78 is 26.2. The SMILES string of the molecule is CCCNc1cc(C)cc(C(=O)N(C)C)c1N1CCN(c2ccccc2NS(C)(=O)=O)CC1. The number of aryl methyl sites for hydroxylation is 1. The zero-order chi connectivity index (χ0) is 24.2. The first-order valence-corrected chi connectivity index (χ1v) is 13.2. The Morgan fingerprint density at radius 2 is 1.67 bits per heavy atom. The highest BCUT2D eigenvalue weighted by Gasteiger charge is 2.26. The van der Waals surface area contributed by atoms with Gasteiger partial charge in [-0.1, -0.05) is 19.1 Å². The van der Waals surface area contributed by atoms with Crippen molar-refractivity contribution in [3.05, 3.63) is 47.5 Å². The van der Waals surface area contributed by atoms with Crippen LogP contribution in [0.3, 0.4) is 0 Å². The molecule has 2 aromatic carbocycles. The molecule has 9 heteroatoms. The molecule has 0 atom stereocenters. The first-order valence-electron chi connectivity index (χ1n) is 11.3. The molecule has 1 amide bonds. The third-order valence-corrected chi connectivity index (χ3v) is 6.18. The van der Waals surface area contributed by atoms with E-state index in [2.05, 4.69) is 32.8 Å². The molecule has 0 unspecified atom stereocenters. The van der Waals surface area contributed by atoms with Crippen molar-refractivity contribution < 1.29 is 13.2 Å². The second kappa shape index (κ2) is 10.3. The van der Waals surface area contributed by atoms with Crippen LogP contribution in [0.1, 0.15) is 29.3 Å². The predicted molar refractivity (Wildman–Crippen MR) is 137 cm³/mol. The highest BCUT2D eigenvalue weighted by atomic mass is 32.2. The molecular weight excluding hydrogens is 438 g/mol. The number of benzene rings is 2. The average molecular weight is 474 g/mol. The maximum atomic E-state index is 13.0. The van der Waals surface area contributed by atoms with E-state index in [4.69, 9.17) is 0 Å². The Morgan fingerprint density at radius 1 is 1.03 bits per heavy atom. The van der Waals surface area contributed by atoms with Gasteiger partial charge in [0.2, 0.25) is 10.0 Å². The molecule has 1 saturated heterocycles. The van der Waals surface area contributed by atoms with Gasteiger partial charge < -0.3 is 20.0 Å². The number of amides is 1. The highest BCUT2D eigenvalue weighted by molar-refractivity contribution is 7.92. The molecule has 3 rings (SSSR count). The maximum absolute atomic E-state index is 13.0. The van der Waals surface area contributed by atoms with Crippen LogP contribution < -0.4 is 19.8 Å². The monoisotopic (exact) mass is 473 g/mol. The molecule has 1 heterocycles. The van der Waals surface area contributed by atoms with E-state index >= 15 is 0 Å². The van der Waals surface area contributed by atoms with Crippen LogP contribution in [0.25, 0.3) is 0 Å². The van der Waals surface area contributed by atoms with E-state index in [-0.39, 0.29) is 5.91 Å². The molecule has 1 fully saturated rings. The fourth-order valence-corrected chi connectivity index (χ4v) is 4.70. The third kappa shape index (κ3) is 6.10. The summed E-state index contributed by atoms with van der Waals surface area (Å²) >= 11 is 0. The van der Waals surface area contributed by atoms with Gasteiger partial charge in [0.25, 0.3) is 5.91 Å². The summed E-state index contributed by atoms with van der Waals surface area (Å²) in [4.78, 5) is 19.1. The summed E-state index contributed by atoms with van der Waals surface area (Å²) in [6.45, 7) is 7.80. The van der Waals surface area contributed by atoms with Crippen molar-refractivity contribution in [2.24, 2.45) is 0 Å². The Hall–Kier alpha value is -2.94. The second-order valence-corrected chi connectivity index (χ2v) is 10.4. The van der Waals surface area contributed by atoms with Gasteiger partial charge >= 0.3 is 0 Å². The lowest BCUT2D eigenvalue weighted by Gasteiger charge is -2.39. The van der Waals surface area contributed by atoms with Gasteiger partial charge in [-0.05, 0) is 43.2 Å². The van der Waals surface area contributed by atoms with Crippen LogP contribution in [0, 0.1) is 6.92 Å². The smallest absolute Gasteiger partial charge is 0.255 e. The number of nitrogens with one attached hydrogen (secondary N) is 2. The molecule has 0 aromatic heterocycles. The van der Waals surface area contributed by atoms with Crippen molar-refractivity contribution >= 4 is 38.7 Å². The minimum atomic E-state index is -3.37. The standard InChI is InChI=1S/C24H35N5O3S/c1-6-11-25-21-17-18(2)16-19(24(30)27(3)4)23(21)29-14-12-28(13-15-29)22-10-8-7-9-20(22)26-33(5,31)32/h7-10,16-17,25-26H,6,11-15H2,1-5H3. The molecule has 0 spiro atoms. The molecule has 2 aromatic rings. The number of piperazine rings is 1. The van der Waals surface area contributed by atoms with Crippen LogP contribution in [0.15, 0.2) is 36.4 Å². The van der Waals surface area contributed by atoms with Gasteiger partial charge in [0.05, 0.1) is 34.6 Å². The third-order valence-electron chi connectivity index (χ3n) is 5.59. The number of para-hydroxylation sites is 2. The lowest BCUT2D eigenvalue weighted by Crippen LogP contribution is -2.47.